The zero-order valence-electron chi connectivity index (χ0n) is 33.8. The molecule has 0 rings (SSSR count). The van der Waals surface area contributed by atoms with Gasteiger partial charge in [0.2, 0.25) is 0 Å². The first kappa shape index (κ1) is 51.2. The summed E-state index contributed by atoms with van der Waals surface area (Å²) in [4.78, 5) is 42.9. The minimum Gasteiger partial charge on any atom is -0.462 e. The third-order valence-electron chi connectivity index (χ3n) is 8.41. The summed E-state index contributed by atoms with van der Waals surface area (Å²) in [6.45, 7) is 3.43. The number of unbranched alkanes of at least 4 members (excludes halogenated alkanes) is 13. The van der Waals surface area contributed by atoms with E-state index in [1.165, 1.54) is 19.3 Å². The van der Waals surface area contributed by atoms with Crippen LogP contribution in [0.15, 0.2) is 85.1 Å². The van der Waals surface area contributed by atoms with Crippen molar-refractivity contribution in [2.45, 2.75) is 174 Å². The van der Waals surface area contributed by atoms with Gasteiger partial charge in [0.15, 0.2) is 6.10 Å². The van der Waals surface area contributed by atoms with E-state index in [4.69, 9.17) is 19.3 Å². The number of ether oxygens (including phenoxy) is 2. The highest BCUT2D eigenvalue weighted by Crippen LogP contribution is 2.36. The van der Waals surface area contributed by atoms with E-state index in [1.54, 1.807) is 0 Å². The van der Waals surface area contributed by atoms with Crippen LogP contribution in [-0.2, 0) is 28.2 Å². The molecule has 0 aromatic rings. The molecule has 308 valence electrons. The van der Waals surface area contributed by atoms with Gasteiger partial charge in [-0.05, 0) is 83.5 Å². The highest BCUT2D eigenvalue weighted by Gasteiger charge is 2.22. The molecule has 0 saturated carbocycles. The third-order valence-corrected chi connectivity index (χ3v) is 8.89. The van der Waals surface area contributed by atoms with Gasteiger partial charge in [-0.3, -0.25) is 14.1 Å². The average molecular weight is 775 g/mol. The van der Waals surface area contributed by atoms with Crippen molar-refractivity contribution in [3.63, 3.8) is 0 Å². The molecule has 54 heavy (non-hydrogen) atoms. The molecule has 0 fully saturated rings. The summed E-state index contributed by atoms with van der Waals surface area (Å²) in [7, 11) is -4.77. The molecule has 0 aromatic heterocycles. The molecule has 8 nitrogen and oxygen atoms in total. The summed E-state index contributed by atoms with van der Waals surface area (Å²) < 4.78 is 26.4. The van der Waals surface area contributed by atoms with Gasteiger partial charge in [0.25, 0.3) is 0 Å². The number of esters is 2. The number of allylic oxidation sites excluding steroid dienone is 14. The van der Waals surface area contributed by atoms with Crippen molar-refractivity contribution in [1.29, 1.82) is 0 Å². The van der Waals surface area contributed by atoms with Crippen molar-refractivity contribution in [3.05, 3.63) is 85.1 Å². The standard InChI is InChI=1S/C45H75O8P/c1-3-5-7-9-11-13-15-17-19-21-22-24-26-28-30-32-34-36-38-40-45(47)53-43(42-52-54(48,49)50)41-51-44(46)39-37-35-33-31-29-27-25-23-20-18-16-14-12-10-8-6-4-2/h5-8,11-14,17-20,22,24,43H,3-4,9-10,15-16,21,23,25-42H2,1-2H3,(H2,48,49,50)/b7-5-,8-6-,13-11-,14-12-,19-17-,20-18-,24-22-. The molecule has 0 bridgehead atoms. The number of hydrogen-bond donors (Lipinski definition) is 2. The fourth-order valence-electron chi connectivity index (χ4n) is 5.38. The third kappa shape index (κ3) is 42.0. The van der Waals surface area contributed by atoms with E-state index in [9.17, 15) is 14.2 Å². The lowest BCUT2D eigenvalue weighted by atomic mass is 10.1. The zero-order chi connectivity index (χ0) is 39.6. The van der Waals surface area contributed by atoms with Crippen LogP contribution < -0.4 is 0 Å². The first-order chi connectivity index (χ1) is 26.3. The van der Waals surface area contributed by atoms with E-state index in [0.717, 1.165) is 109 Å². The lowest BCUT2D eigenvalue weighted by Gasteiger charge is -2.18. The predicted molar refractivity (Wildman–Crippen MR) is 225 cm³/mol. The molecule has 0 spiro atoms. The van der Waals surface area contributed by atoms with E-state index in [0.29, 0.717) is 12.8 Å². The van der Waals surface area contributed by atoms with Gasteiger partial charge in [0, 0.05) is 12.8 Å². The monoisotopic (exact) mass is 775 g/mol. The normalized spacial score (nSPS) is 13.3. The van der Waals surface area contributed by atoms with Crippen molar-refractivity contribution >= 4 is 19.8 Å². The summed E-state index contributed by atoms with van der Waals surface area (Å²) in [5.41, 5.74) is 0. The van der Waals surface area contributed by atoms with Crippen LogP contribution >= 0.6 is 7.82 Å². The van der Waals surface area contributed by atoms with E-state index in [-0.39, 0.29) is 19.4 Å². The van der Waals surface area contributed by atoms with E-state index in [2.05, 4.69) is 103 Å². The number of phosphoric acid groups is 1. The molecular weight excluding hydrogens is 699 g/mol. The van der Waals surface area contributed by atoms with Crippen LogP contribution in [0.1, 0.15) is 168 Å². The molecule has 1 unspecified atom stereocenters. The SMILES string of the molecule is CC/C=C\C/C=C\C/C=C\C/C=C\CCCCCCCCC(=O)OC(COC(=O)CCCCCCCCC/C=C\C/C=C\C/C=C\CC)COP(=O)(O)O. The van der Waals surface area contributed by atoms with Crippen molar-refractivity contribution in [2.75, 3.05) is 13.2 Å². The largest absolute Gasteiger partial charge is 0.469 e. The van der Waals surface area contributed by atoms with E-state index >= 15 is 0 Å². The summed E-state index contributed by atoms with van der Waals surface area (Å²) in [5.74, 6) is -0.919. The maximum absolute atomic E-state index is 12.4. The molecule has 2 N–H and O–H groups in total. The van der Waals surface area contributed by atoms with Gasteiger partial charge in [0.05, 0.1) is 6.61 Å². The Hall–Kier alpha value is -2.77. The lowest BCUT2D eigenvalue weighted by molar-refractivity contribution is -0.161. The minimum atomic E-state index is -4.77. The Labute approximate surface area is 329 Å². The quantitative estimate of drug-likeness (QED) is 0.0277. The molecule has 0 amide bonds. The molecule has 0 radical (unpaired) electrons. The van der Waals surface area contributed by atoms with E-state index < -0.39 is 32.5 Å². The Morgan fingerprint density at radius 3 is 1.24 bits per heavy atom. The molecule has 1 atom stereocenters. The fraction of sp³-hybridized carbons (Fsp3) is 0.644. The average Bonchev–Trinajstić information content (AvgIpc) is 3.14. The van der Waals surface area contributed by atoms with Gasteiger partial charge >= 0.3 is 19.8 Å². The smallest absolute Gasteiger partial charge is 0.462 e. The predicted octanol–water partition coefficient (Wildman–Crippen LogP) is 12.8. The summed E-state index contributed by atoms with van der Waals surface area (Å²) in [6.07, 6.45) is 53.0. The summed E-state index contributed by atoms with van der Waals surface area (Å²) >= 11 is 0. The second-order valence-electron chi connectivity index (χ2n) is 13.5. The van der Waals surface area contributed by atoms with Crippen LogP contribution in [0.3, 0.4) is 0 Å². The number of rotatable bonds is 37. The van der Waals surface area contributed by atoms with Gasteiger partial charge in [0.1, 0.15) is 6.61 Å². The molecule has 0 aliphatic heterocycles. The van der Waals surface area contributed by atoms with Gasteiger partial charge in [-0.15, -0.1) is 0 Å². The van der Waals surface area contributed by atoms with Gasteiger partial charge < -0.3 is 19.3 Å². The molecule has 0 saturated heterocycles. The molecular formula is C45H75O8P. The molecule has 0 heterocycles. The van der Waals surface area contributed by atoms with Crippen molar-refractivity contribution in [1.82, 2.24) is 0 Å². The number of carbonyl (C=O) groups excluding carboxylic acids is 2. The second kappa shape index (κ2) is 39.9. The van der Waals surface area contributed by atoms with Gasteiger partial charge in [-0.1, -0.05) is 157 Å². The summed E-state index contributed by atoms with van der Waals surface area (Å²) in [5, 5.41) is 0. The number of hydrogen-bond acceptors (Lipinski definition) is 6. The van der Waals surface area contributed by atoms with Crippen LogP contribution in [0.5, 0.6) is 0 Å². The number of phosphoric ester groups is 1. The highest BCUT2D eigenvalue weighted by molar-refractivity contribution is 7.46. The van der Waals surface area contributed by atoms with Crippen molar-refractivity contribution < 1.29 is 37.9 Å². The van der Waals surface area contributed by atoms with Crippen LogP contribution in [0, 0.1) is 0 Å². The van der Waals surface area contributed by atoms with Crippen LogP contribution in [-0.4, -0.2) is 41.0 Å². The maximum Gasteiger partial charge on any atom is 0.469 e. The zero-order valence-corrected chi connectivity index (χ0v) is 34.7. The molecule has 0 aromatic carbocycles. The lowest BCUT2D eigenvalue weighted by Crippen LogP contribution is -2.29. The molecule has 0 aliphatic carbocycles. The van der Waals surface area contributed by atoms with Gasteiger partial charge in [-0.2, -0.15) is 0 Å². The Kier molecular flexibility index (Phi) is 37.9. The van der Waals surface area contributed by atoms with Crippen LogP contribution in [0.4, 0.5) is 0 Å². The summed E-state index contributed by atoms with van der Waals surface area (Å²) in [6, 6.07) is 0. The Bertz CT molecular complexity index is 1140. The number of carbonyl (C=O) groups is 2. The van der Waals surface area contributed by atoms with Crippen molar-refractivity contribution in [3.8, 4) is 0 Å². The Balaban J connectivity index is 3.98. The maximum atomic E-state index is 12.4. The second-order valence-corrected chi connectivity index (χ2v) is 14.8. The van der Waals surface area contributed by atoms with Gasteiger partial charge in [-0.25, -0.2) is 4.57 Å². The topological polar surface area (TPSA) is 119 Å². The first-order valence-electron chi connectivity index (χ1n) is 20.9. The molecule has 9 heteroatoms. The highest BCUT2D eigenvalue weighted by atomic mass is 31.2. The van der Waals surface area contributed by atoms with Crippen LogP contribution in [0.2, 0.25) is 0 Å². The fourth-order valence-corrected chi connectivity index (χ4v) is 5.74. The van der Waals surface area contributed by atoms with Crippen molar-refractivity contribution in [2.24, 2.45) is 0 Å². The Morgan fingerprint density at radius 1 is 0.481 bits per heavy atom. The minimum absolute atomic E-state index is 0.189. The van der Waals surface area contributed by atoms with Crippen LogP contribution in [0.25, 0.3) is 0 Å². The van der Waals surface area contributed by atoms with E-state index in [1.807, 2.05) is 0 Å². The first-order valence-corrected chi connectivity index (χ1v) is 22.4. The molecule has 0 aliphatic rings. The Morgan fingerprint density at radius 2 is 0.833 bits per heavy atom.